The van der Waals surface area contributed by atoms with Crippen molar-refractivity contribution in [3.05, 3.63) is 222 Å². The number of rotatable bonds is 5. The number of benzene rings is 8. The van der Waals surface area contributed by atoms with Crippen molar-refractivity contribution in [2.24, 2.45) is 0 Å². The van der Waals surface area contributed by atoms with Crippen LogP contribution in [0.15, 0.2) is 200 Å². The van der Waals surface area contributed by atoms with Crippen LogP contribution in [0.4, 0.5) is 0 Å². The van der Waals surface area contributed by atoms with Crippen molar-refractivity contribution in [1.82, 2.24) is 4.98 Å². The Morgan fingerprint density at radius 3 is 1.49 bits per heavy atom. The van der Waals surface area contributed by atoms with Gasteiger partial charge in [-0.05, 0) is 66.9 Å². The minimum atomic E-state index is -0.502. The van der Waals surface area contributed by atoms with Gasteiger partial charge in [-0.2, -0.15) is 0 Å². The second kappa shape index (κ2) is 11.6. The maximum atomic E-state index is 5.80. The van der Waals surface area contributed by atoms with E-state index < -0.39 is 5.41 Å². The monoisotopic (exact) mass is 671 g/mol. The summed E-state index contributed by atoms with van der Waals surface area (Å²) < 4.78 is 0. The van der Waals surface area contributed by atoms with Gasteiger partial charge in [0, 0.05) is 27.8 Å². The third kappa shape index (κ3) is 4.22. The minimum Gasteiger partial charge on any atom is -0.246 e. The number of hydrogen-bond acceptors (Lipinski definition) is 1. The van der Waals surface area contributed by atoms with Crippen LogP contribution in [0, 0.1) is 0 Å². The average Bonchev–Trinajstić information content (AvgIpc) is 3.73. The van der Waals surface area contributed by atoms with E-state index in [1.165, 1.54) is 72.0 Å². The summed E-state index contributed by atoms with van der Waals surface area (Å²) in [6.45, 7) is 0. The van der Waals surface area contributed by atoms with E-state index >= 15 is 0 Å². The highest BCUT2D eigenvalue weighted by atomic mass is 14.7. The zero-order chi connectivity index (χ0) is 34.9. The summed E-state index contributed by atoms with van der Waals surface area (Å²) in [5, 5.41) is 2.55. The van der Waals surface area contributed by atoms with Gasteiger partial charge >= 0.3 is 0 Å². The van der Waals surface area contributed by atoms with Gasteiger partial charge in [-0.25, -0.2) is 4.98 Å². The maximum Gasteiger partial charge on any atom is 0.0794 e. The van der Waals surface area contributed by atoms with Crippen molar-refractivity contribution < 1.29 is 0 Å². The summed E-state index contributed by atoms with van der Waals surface area (Å²) in [7, 11) is 0. The lowest BCUT2D eigenvalue weighted by atomic mass is 9.67. The number of aromatic nitrogens is 1. The van der Waals surface area contributed by atoms with Gasteiger partial charge in [-0.1, -0.05) is 194 Å². The first-order chi connectivity index (χ1) is 26.3. The molecule has 0 saturated carbocycles. The first-order valence-electron chi connectivity index (χ1n) is 18.4. The molecule has 1 nitrogen and oxygen atoms in total. The second-order valence-corrected chi connectivity index (χ2v) is 14.2. The van der Waals surface area contributed by atoms with Crippen LogP contribution in [0.2, 0.25) is 0 Å². The molecule has 0 radical (unpaired) electrons. The fourth-order valence-corrected chi connectivity index (χ4v) is 9.37. The fraction of sp³-hybridized carbons (Fsp3) is 0.0192. The van der Waals surface area contributed by atoms with Crippen molar-refractivity contribution in [1.29, 1.82) is 0 Å². The molecule has 11 rings (SSSR count). The Hall–Kier alpha value is -6.83. The highest BCUT2D eigenvalue weighted by molar-refractivity contribution is 6.21. The molecular formula is C52H33N. The SMILES string of the molecule is c1ccc(-c2nc(-c3ccc4c(c3)C(c3ccccc3)(c3ccccc3)c3ccccc3-4)c(-c3ccccc3)c3c2-c2cccc4cccc-3c24)cc1. The molecule has 1 aromatic heterocycles. The van der Waals surface area contributed by atoms with Crippen molar-refractivity contribution in [3.8, 4) is 67.0 Å². The Balaban J connectivity index is 1.28. The molecule has 0 aliphatic heterocycles. The molecule has 0 fully saturated rings. The molecule has 0 amide bonds. The van der Waals surface area contributed by atoms with Crippen LogP contribution >= 0.6 is 0 Å². The molecule has 0 unspecified atom stereocenters. The van der Waals surface area contributed by atoms with Crippen LogP contribution in [0.25, 0.3) is 77.8 Å². The lowest BCUT2D eigenvalue weighted by Gasteiger charge is -2.34. The van der Waals surface area contributed by atoms with Gasteiger partial charge < -0.3 is 0 Å². The highest BCUT2D eigenvalue weighted by Crippen LogP contribution is 2.59. The highest BCUT2D eigenvalue weighted by Gasteiger charge is 2.46. The van der Waals surface area contributed by atoms with E-state index in [1.807, 2.05) is 0 Å². The van der Waals surface area contributed by atoms with Crippen LogP contribution in [0.1, 0.15) is 22.3 Å². The first-order valence-corrected chi connectivity index (χ1v) is 18.4. The molecule has 0 N–H and O–H groups in total. The smallest absolute Gasteiger partial charge is 0.0794 e. The van der Waals surface area contributed by atoms with Gasteiger partial charge in [0.25, 0.3) is 0 Å². The molecule has 8 aromatic carbocycles. The molecule has 2 aliphatic rings. The predicted molar refractivity (Wildman–Crippen MR) is 220 cm³/mol. The van der Waals surface area contributed by atoms with Crippen molar-refractivity contribution in [2.45, 2.75) is 5.41 Å². The molecule has 246 valence electrons. The van der Waals surface area contributed by atoms with Crippen LogP contribution in [-0.4, -0.2) is 4.98 Å². The van der Waals surface area contributed by atoms with Crippen molar-refractivity contribution in [2.75, 3.05) is 0 Å². The number of nitrogens with zero attached hydrogens (tertiary/aromatic N) is 1. The van der Waals surface area contributed by atoms with E-state index in [4.69, 9.17) is 4.98 Å². The molecular weight excluding hydrogens is 639 g/mol. The van der Waals surface area contributed by atoms with Gasteiger partial charge in [0.1, 0.15) is 0 Å². The molecule has 2 aliphatic carbocycles. The molecule has 0 atom stereocenters. The van der Waals surface area contributed by atoms with E-state index in [0.29, 0.717) is 0 Å². The van der Waals surface area contributed by atoms with E-state index in [1.54, 1.807) is 0 Å². The second-order valence-electron chi connectivity index (χ2n) is 14.2. The third-order valence-electron chi connectivity index (χ3n) is 11.5. The first kappa shape index (κ1) is 29.9. The molecule has 0 spiro atoms. The predicted octanol–water partition coefficient (Wildman–Crippen LogP) is 13.2. The Labute approximate surface area is 309 Å². The van der Waals surface area contributed by atoms with E-state index in [9.17, 15) is 0 Å². The minimum absolute atomic E-state index is 0.502. The van der Waals surface area contributed by atoms with Gasteiger partial charge in [0.15, 0.2) is 0 Å². The Morgan fingerprint density at radius 2 is 0.830 bits per heavy atom. The van der Waals surface area contributed by atoms with Crippen LogP contribution in [-0.2, 0) is 5.41 Å². The van der Waals surface area contributed by atoms with E-state index in [0.717, 1.165) is 28.1 Å². The third-order valence-corrected chi connectivity index (χ3v) is 11.5. The molecule has 0 bridgehead atoms. The van der Waals surface area contributed by atoms with Crippen molar-refractivity contribution in [3.63, 3.8) is 0 Å². The zero-order valence-electron chi connectivity index (χ0n) is 29.0. The topological polar surface area (TPSA) is 12.9 Å². The average molecular weight is 672 g/mol. The number of pyridine rings is 1. The maximum absolute atomic E-state index is 5.80. The van der Waals surface area contributed by atoms with Gasteiger partial charge in [-0.3, -0.25) is 0 Å². The summed E-state index contributed by atoms with van der Waals surface area (Å²) in [6.07, 6.45) is 0. The quantitative estimate of drug-likeness (QED) is 0.177. The van der Waals surface area contributed by atoms with Gasteiger partial charge in [0.2, 0.25) is 0 Å². The van der Waals surface area contributed by atoms with Crippen LogP contribution in [0.3, 0.4) is 0 Å². The lowest BCUT2D eigenvalue weighted by Crippen LogP contribution is -2.28. The van der Waals surface area contributed by atoms with Crippen LogP contribution < -0.4 is 0 Å². The summed E-state index contributed by atoms with van der Waals surface area (Å²) in [5.41, 5.74) is 18.7. The van der Waals surface area contributed by atoms with E-state index in [-0.39, 0.29) is 0 Å². The standard InChI is InChI=1S/C52H33N/c1-5-17-35(18-6-1)47-48-42-28-15-21-34-22-16-29-43(46(34)42)49(48)50(36-19-7-2-8-20-36)53-51(47)37-31-32-41-40-27-13-14-30-44(40)52(45(41)33-37,38-23-9-3-10-24-38)39-25-11-4-12-26-39/h1-33H. The largest absolute Gasteiger partial charge is 0.246 e. The summed E-state index contributed by atoms with van der Waals surface area (Å²) >= 11 is 0. The molecule has 1 heterocycles. The number of hydrogen-bond donors (Lipinski definition) is 0. The van der Waals surface area contributed by atoms with E-state index in [2.05, 4.69) is 200 Å². The molecule has 53 heavy (non-hydrogen) atoms. The summed E-state index contributed by atoms with van der Waals surface area (Å²) in [5.74, 6) is 0. The summed E-state index contributed by atoms with van der Waals surface area (Å²) in [4.78, 5) is 5.80. The number of fused-ring (bicyclic) bond motifs is 6. The lowest BCUT2D eigenvalue weighted by molar-refractivity contribution is 0.768. The Bertz CT molecular complexity index is 2810. The normalized spacial score (nSPS) is 13.1. The van der Waals surface area contributed by atoms with Gasteiger partial charge in [-0.15, -0.1) is 0 Å². The van der Waals surface area contributed by atoms with Crippen LogP contribution in [0.5, 0.6) is 0 Å². The Morgan fingerprint density at radius 1 is 0.321 bits per heavy atom. The Kier molecular flexibility index (Phi) is 6.53. The zero-order valence-corrected chi connectivity index (χ0v) is 29.0. The van der Waals surface area contributed by atoms with Gasteiger partial charge in [0.05, 0.1) is 16.8 Å². The molecule has 0 saturated heterocycles. The fourth-order valence-electron chi connectivity index (χ4n) is 9.37. The van der Waals surface area contributed by atoms with Crippen molar-refractivity contribution >= 4 is 10.8 Å². The molecule has 1 heteroatoms. The molecule has 9 aromatic rings. The summed E-state index contributed by atoms with van der Waals surface area (Å²) in [6, 6.07) is 73.2.